The molecule has 0 radical (unpaired) electrons. The molecule has 0 aliphatic heterocycles. The first-order valence-corrected chi connectivity index (χ1v) is 7.13. The van der Waals surface area contributed by atoms with Gasteiger partial charge in [-0.1, -0.05) is 13.8 Å². The minimum Gasteiger partial charge on any atom is -0.489 e. The Balaban J connectivity index is 1.88. The van der Waals surface area contributed by atoms with Gasteiger partial charge in [-0.05, 0) is 38.0 Å². The van der Waals surface area contributed by atoms with Crippen molar-refractivity contribution in [2.45, 2.75) is 52.1 Å². The van der Waals surface area contributed by atoms with Gasteiger partial charge in [0.15, 0.2) is 0 Å². The Labute approximate surface area is 110 Å². The van der Waals surface area contributed by atoms with Gasteiger partial charge < -0.3 is 10.1 Å². The number of anilines is 1. The highest BCUT2D eigenvalue weighted by molar-refractivity contribution is 5.45. The van der Waals surface area contributed by atoms with Gasteiger partial charge in [-0.25, -0.2) is 0 Å². The number of nitrogens with zero attached hydrogens (tertiary/aromatic N) is 1. The molecule has 1 aromatic heterocycles. The SMILES string of the molecule is CCCNc1cncc(OC2CCC(C)CC2)c1. The first-order chi connectivity index (χ1) is 8.78. The highest BCUT2D eigenvalue weighted by Gasteiger charge is 2.19. The van der Waals surface area contributed by atoms with Gasteiger partial charge in [0.2, 0.25) is 0 Å². The first-order valence-electron chi connectivity index (χ1n) is 7.13. The van der Waals surface area contributed by atoms with Crippen molar-refractivity contribution in [2.24, 2.45) is 5.92 Å². The third-order valence-corrected chi connectivity index (χ3v) is 3.56. The van der Waals surface area contributed by atoms with Crippen LogP contribution in [0.4, 0.5) is 5.69 Å². The molecule has 0 bridgehead atoms. The third kappa shape index (κ3) is 3.90. The third-order valence-electron chi connectivity index (χ3n) is 3.56. The van der Waals surface area contributed by atoms with Gasteiger partial charge in [-0.3, -0.25) is 4.98 Å². The topological polar surface area (TPSA) is 34.2 Å². The van der Waals surface area contributed by atoms with E-state index in [1.807, 2.05) is 12.4 Å². The van der Waals surface area contributed by atoms with Crippen molar-refractivity contribution in [3.05, 3.63) is 18.5 Å². The Morgan fingerprint density at radius 2 is 2.06 bits per heavy atom. The summed E-state index contributed by atoms with van der Waals surface area (Å²) in [5, 5.41) is 3.34. The first kappa shape index (κ1) is 13.2. The molecule has 1 fully saturated rings. The maximum Gasteiger partial charge on any atom is 0.140 e. The molecule has 0 aromatic carbocycles. The van der Waals surface area contributed by atoms with Gasteiger partial charge in [-0.2, -0.15) is 0 Å². The predicted molar refractivity (Wildman–Crippen MR) is 75.1 cm³/mol. The maximum absolute atomic E-state index is 6.02. The summed E-state index contributed by atoms with van der Waals surface area (Å²) in [4.78, 5) is 4.23. The van der Waals surface area contributed by atoms with E-state index in [4.69, 9.17) is 4.74 Å². The van der Waals surface area contributed by atoms with Crippen LogP contribution in [-0.2, 0) is 0 Å². The molecule has 100 valence electrons. The summed E-state index contributed by atoms with van der Waals surface area (Å²) in [7, 11) is 0. The average Bonchev–Trinajstić information content (AvgIpc) is 2.40. The van der Waals surface area contributed by atoms with Crippen molar-refractivity contribution in [3.63, 3.8) is 0 Å². The summed E-state index contributed by atoms with van der Waals surface area (Å²) in [6.07, 6.45) is 10.1. The molecule has 1 aliphatic carbocycles. The molecule has 1 saturated carbocycles. The predicted octanol–water partition coefficient (Wildman–Crippen LogP) is 3.86. The largest absolute Gasteiger partial charge is 0.489 e. The quantitative estimate of drug-likeness (QED) is 0.859. The molecule has 1 N–H and O–H groups in total. The number of ether oxygens (including phenoxy) is 1. The molecule has 2 rings (SSSR count). The van der Waals surface area contributed by atoms with Crippen molar-refractivity contribution < 1.29 is 4.74 Å². The fraction of sp³-hybridized carbons (Fsp3) is 0.667. The zero-order valence-corrected chi connectivity index (χ0v) is 11.5. The Hall–Kier alpha value is -1.25. The van der Waals surface area contributed by atoms with Gasteiger partial charge in [0.1, 0.15) is 5.75 Å². The molecule has 18 heavy (non-hydrogen) atoms. The lowest BCUT2D eigenvalue weighted by molar-refractivity contribution is 0.135. The van der Waals surface area contributed by atoms with E-state index in [2.05, 4.69) is 30.2 Å². The summed E-state index contributed by atoms with van der Waals surface area (Å²) in [6.45, 7) is 5.46. The lowest BCUT2D eigenvalue weighted by Gasteiger charge is -2.26. The zero-order valence-electron chi connectivity index (χ0n) is 11.5. The molecule has 0 atom stereocenters. The summed E-state index contributed by atoms with van der Waals surface area (Å²) >= 11 is 0. The number of nitrogens with one attached hydrogen (secondary N) is 1. The maximum atomic E-state index is 6.02. The number of hydrogen-bond acceptors (Lipinski definition) is 3. The van der Waals surface area contributed by atoms with Gasteiger partial charge in [-0.15, -0.1) is 0 Å². The highest BCUT2D eigenvalue weighted by Crippen LogP contribution is 2.27. The molecular weight excluding hydrogens is 224 g/mol. The summed E-state index contributed by atoms with van der Waals surface area (Å²) < 4.78 is 6.02. The molecule has 0 amide bonds. The summed E-state index contributed by atoms with van der Waals surface area (Å²) in [6, 6.07) is 2.06. The number of pyridine rings is 1. The van der Waals surface area contributed by atoms with E-state index >= 15 is 0 Å². The van der Waals surface area contributed by atoms with Crippen LogP contribution in [0, 0.1) is 5.92 Å². The normalized spacial score (nSPS) is 23.7. The fourth-order valence-corrected chi connectivity index (χ4v) is 2.39. The lowest BCUT2D eigenvalue weighted by Crippen LogP contribution is -2.23. The highest BCUT2D eigenvalue weighted by atomic mass is 16.5. The van der Waals surface area contributed by atoms with Crippen LogP contribution in [0.2, 0.25) is 0 Å². The molecule has 0 saturated heterocycles. The van der Waals surface area contributed by atoms with Crippen LogP contribution in [0.5, 0.6) is 5.75 Å². The van der Waals surface area contributed by atoms with Crippen LogP contribution in [0.15, 0.2) is 18.5 Å². The van der Waals surface area contributed by atoms with Gasteiger partial charge in [0.05, 0.1) is 24.2 Å². The molecule has 1 aromatic rings. The number of hydrogen-bond donors (Lipinski definition) is 1. The Kier molecular flexibility index (Phi) is 4.85. The molecular formula is C15H24N2O. The van der Waals surface area contributed by atoms with Crippen molar-refractivity contribution in [2.75, 3.05) is 11.9 Å². The van der Waals surface area contributed by atoms with Crippen LogP contribution >= 0.6 is 0 Å². The molecule has 3 nitrogen and oxygen atoms in total. The second-order valence-corrected chi connectivity index (χ2v) is 5.34. The van der Waals surface area contributed by atoms with Crippen LogP contribution in [0.1, 0.15) is 46.0 Å². The zero-order chi connectivity index (χ0) is 12.8. The standard InChI is InChI=1S/C15H24N2O/c1-3-8-17-13-9-15(11-16-10-13)18-14-6-4-12(2)5-7-14/h9-12,14,17H,3-8H2,1-2H3. The van der Waals surface area contributed by atoms with E-state index in [0.29, 0.717) is 6.10 Å². The lowest BCUT2D eigenvalue weighted by atomic mass is 9.89. The van der Waals surface area contributed by atoms with Gasteiger partial charge in [0, 0.05) is 12.6 Å². The molecule has 0 spiro atoms. The summed E-state index contributed by atoms with van der Waals surface area (Å²) in [5.74, 6) is 1.76. The molecule has 1 aliphatic rings. The van der Waals surface area contributed by atoms with E-state index in [0.717, 1.165) is 30.3 Å². The van der Waals surface area contributed by atoms with Crippen LogP contribution < -0.4 is 10.1 Å². The number of aromatic nitrogens is 1. The van der Waals surface area contributed by atoms with E-state index in [1.165, 1.54) is 25.7 Å². The summed E-state index contributed by atoms with van der Waals surface area (Å²) in [5.41, 5.74) is 1.05. The molecule has 1 heterocycles. The smallest absolute Gasteiger partial charge is 0.140 e. The molecule has 0 unspecified atom stereocenters. The van der Waals surface area contributed by atoms with E-state index < -0.39 is 0 Å². The minimum absolute atomic E-state index is 0.379. The van der Waals surface area contributed by atoms with Crippen molar-refractivity contribution in [1.29, 1.82) is 0 Å². The van der Waals surface area contributed by atoms with Gasteiger partial charge >= 0.3 is 0 Å². The Bertz CT molecular complexity index is 359. The minimum atomic E-state index is 0.379. The number of rotatable bonds is 5. The van der Waals surface area contributed by atoms with Crippen molar-refractivity contribution in [1.82, 2.24) is 4.98 Å². The fourth-order valence-electron chi connectivity index (χ4n) is 2.39. The average molecular weight is 248 g/mol. The Morgan fingerprint density at radius 3 is 2.78 bits per heavy atom. The van der Waals surface area contributed by atoms with Gasteiger partial charge in [0.25, 0.3) is 0 Å². The second-order valence-electron chi connectivity index (χ2n) is 5.34. The second kappa shape index (κ2) is 6.62. The van der Waals surface area contributed by atoms with Crippen LogP contribution in [0.25, 0.3) is 0 Å². The van der Waals surface area contributed by atoms with Crippen molar-refractivity contribution in [3.8, 4) is 5.75 Å². The van der Waals surface area contributed by atoms with E-state index in [1.54, 1.807) is 0 Å². The monoisotopic (exact) mass is 248 g/mol. The van der Waals surface area contributed by atoms with Crippen LogP contribution in [0.3, 0.4) is 0 Å². The van der Waals surface area contributed by atoms with E-state index in [9.17, 15) is 0 Å². The van der Waals surface area contributed by atoms with E-state index in [-0.39, 0.29) is 0 Å². The Morgan fingerprint density at radius 1 is 1.28 bits per heavy atom. The molecule has 3 heteroatoms. The van der Waals surface area contributed by atoms with Crippen LogP contribution in [-0.4, -0.2) is 17.6 Å². The van der Waals surface area contributed by atoms with Crippen molar-refractivity contribution >= 4 is 5.69 Å².